The lowest BCUT2D eigenvalue weighted by molar-refractivity contribution is -0.143. The van der Waals surface area contributed by atoms with Gasteiger partial charge in [-0.15, -0.1) is 0 Å². The molecule has 1 aromatic heterocycles. The number of carboxylic acid groups (broad SMARTS) is 1. The Morgan fingerprint density at radius 3 is 2.00 bits per heavy atom. The SMILES string of the molecule is CCOC(=O)N1c2ccc(C(F)(F)F)cc2[C@@H](N(c2cc(C(F)(F)F)cc(C(F)(F)F)c2)c2ncc(OCCCC(=O)O)cn2)C[C@H]1CC. The minimum absolute atomic E-state index is 0.0302. The summed E-state index contributed by atoms with van der Waals surface area (Å²) in [5.74, 6) is -1.62. The lowest BCUT2D eigenvalue weighted by Gasteiger charge is -2.44. The van der Waals surface area contributed by atoms with Crippen molar-refractivity contribution >= 4 is 29.4 Å². The average Bonchev–Trinajstić information content (AvgIpc) is 3.02. The number of rotatable bonds is 10. The van der Waals surface area contributed by atoms with Crippen LogP contribution in [0.2, 0.25) is 0 Å². The number of amides is 1. The first-order chi connectivity index (χ1) is 22.8. The molecule has 1 aliphatic rings. The van der Waals surface area contributed by atoms with E-state index in [0.717, 1.165) is 28.3 Å². The van der Waals surface area contributed by atoms with Crippen LogP contribution in [0.15, 0.2) is 48.8 Å². The number of fused-ring (bicyclic) bond motifs is 1. The molecule has 4 rings (SSSR count). The van der Waals surface area contributed by atoms with Gasteiger partial charge in [0, 0.05) is 18.2 Å². The molecule has 2 aromatic carbocycles. The number of anilines is 3. The summed E-state index contributed by atoms with van der Waals surface area (Å²) in [7, 11) is 0. The Hall–Kier alpha value is -4.77. The van der Waals surface area contributed by atoms with Crippen LogP contribution in [-0.2, 0) is 28.1 Å². The van der Waals surface area contributed by atoms with Gasteiger partial charge in [-0.3, -0.25) is 9.69 Å². The monoisotopic (exact) mass is 708 g/mol. The Kier molecular flexibility index (Phi) is 10.9. The van der Waals surface area contributed by atoms with Crippen molar-refractivity contribution in [2.45, 2.75) is 70.1 Å². The number of benzene rings is 2. The zero-order valence-corrected chi connectivity index (χ0v) is 25.8. The third kappa shape index (κ3) is 8.64. The van der Waals surface area contributed by atoms with Crippen LogP contribution < -0.4 is 14.5 Å². The Balaban J connectivity index is 1.98. The minimum atomic E-state index is -5.27. The summed E-state index contributed by atoms with van der Waals surface area (Å²) in [5.41, 5.74) is -5.70. The Morgan fingerprint density at radius 1 is 0.898 bits per heavy atom. The predicted octanol–water partition coefficient (Wildman–Crippen LogP) is 8.80. The predicted molar refractivity (Wildman–Crippen MR) is 155 cm³/mol. The van der Waals surface area contributed by atoms with Crippen molar-refractivity contribution in [3.63, 3.8) is 0 Å². The quantitative estimate of drug-likeness (QED) is 0.165. The molecule has 0 bridgehead atoms. The molecule has 0 spiro atoms. The maximum atomic E-state index is 14.0. The lowest BCUT2D eigenvalue weighted by Crippen LogP contribution is -2.47. The van der Waals surface area contributed by atoms with Crippen molar-refractivity contribution in [2.75, 3.05) is 23.0 Å². The molecule has 0 saturated heterocycles. The maximum Gasteiger partial charge on any atom is 0.416 e. The standard InChI is InChI=1S/C31H29F9N4O5/c1-3-20-14-25(23-13-17(29(32,33)34)7-8-24(23)44(20)28(47)48-4-2)43(27-41-15-22(16-42-27)49-9-5-6-26(45)46)21-11-18(30(35,36)37)10-19(12-21)31(38,39)40/h7-8,10-13,15-16,20,25H,3-6,9,14H2,1-2H3,(H,45,46)/t20-,25+/m1/s1. The van der Waals surface area contributed by atoms with Crippen LogP contribution >= 0.6 is 0 Å². The van der Waals surface area contributed by atoms with Gasteiger partial charge in [0.1, 0.15) is 0 Å². The molecule has 18 heteroatoms. The summed E-state index contributed by atoms with van der Waals surface area (Å²) in [6.45, 7) is 2.94. The van der Waals surface area contributed by atoms with Gasteiger partial charge in [0.25, 0.3) is 0 Å². The third-order valence-electron chi connectivity index (χ3n) is 7.57. The summed E-state index contributed by atoms with van der Waals surface area (Å²) >= 11 is 0. The van der Waals surface area contributed by atoms with E-state index in [2.05, 4.69) is 9.97 Å². The maximum absolute atomic E-state index is 14.0. The van der Waals surface area contributed by atoms with Crippen molar-refractivity contribution in [3.8, 4) is 5.75 Å². The number of carboxylic acids is 1. The van der Waals surface area contributed by atoms with Gasteiger partial charge in [-0.05, 0) is 68.1 Å². The van der Waals surface area contributed by atoms with Gasteiger partial charge >= 0.3 is 30.6 Å². The van der Waals surface area contributed by atoms with Crippen LogP contribution in [0, 0.1) is 0 Å². The molecule has 2 heterocycles. The van der Waals surface area contributed by atoms with Crippen LogP contribution in [-0.4, -0.2) is 46.4 Å². The van der Waals surface area contributed by atoms with Crippen LogP contribution in [0.5, 0.6) is 5.75 Å². The Bertz CT molecular complexity index is 1610. The molecule has 0 radical (unpaired) electrons. The van der Waals surface area contributed by atoms with Gasteiger partial charge in [-0.1, -0.05) is 6.92 Å². The zero-order valence-electron chi connectivity index (χ0n) is 25.8. The molecule has 2 atom stereocenters. The summed E-state index contributed by atoms with van der Waals surface area (Å²) in [6, 6.07) is 0.781. The molecular weight excluding hydrogens is 679 g/mol. The van der Waals surface area contributed by atoms with E-state index in [1.54, 1.807) is 6.92 Å². The summed E-state index contributed by atoms with van der Waals surface area (Å²) in [4.78, 5) is 34.0. The highest BCUT2D eigenvalue weighted by molar-refractivity contribution is 5.91. The van der Waals surface area contributed by atoms with Gasteiger partial charge in [0.15, 0.2) is 5.75 Å². The Labute approximate surface area is 273 Å². The van der Waals surface area contributed by atoms with Gasteiger partial charge < -0.3 is 19.5 Å². The largest absolute Gasteiger partial charge is 0.490 e. The normalized spacial score (nSPS) is 16.6. The fourth-order valence-corrected chi connectivity index (χ4v) is 5.37. The highest BCUT2D eigenvalue weighted by Gasteiger charge is 2.44. The first-order valence-corrected chi connectivity index (χ1v) is 14.8. The van der Waals surface area contributed by atoms with E-state index in [1.807, 2.05) is 0 Å². The minimum Gasteiger partial charge on any atom is -0.490 e. The molecule has 49 heavy (non-hydrogen) atoms. The number of alkyl halides is 9. The Morgan fingerprint density at radius 2 is 1.49 bits per heavy atom. The van der Waals surface area contributed by atoms with Gasteiger partial charge in [0.05, 0.1) is 54.0 Å². The fourth-order valence-electron chi connectivity index (χ4n) is 5.37. The number of hydrogen-bond donors (Lipinski definition) is 1. The molecule has 0 aliphatic carbocycles. The second-order valence-corrected chi connectivity index (χ2v) is 10.9. The first-order valence-electron chi connectivity index (χ1n) is 14.8. The van der Waals surface area contributed by atoms with Crippen molar-refractivity contribution in [2.24, 2.45) is 0 Å². The highest BCUT2D eigenvalue weighted by atomic mass is 19.4. The average molecular weight is 709 g/mol. The van der Waals surface area contributed by atoms with Gasteiger partial charge in [0.2, 0.25) is 5.95 Å². The fraction of sp³-hybridized carbons (Fsp3) is 0.419. The summed E-state index contributed by atoms with van der Waals surface area (Å²) in [5, 5.41) is 8.80. The summed E-state index contributed by atoms with van der Waals surface area (Å²) in [6.07, 6.45) is -14.6. The van der Waals surface area contributed by atoms with Crippen molar-refractivity contribution < 1.29 is 63.7 Å². The number of aliphatic carboxylic acids is 1. The van der Waals surface area contributed by atoms with E-state index in [4.69, 9.17) is 14.6 Å². The van der Waals surface area contributed by atoms with Crippen LogP contribution in [0.25, 0.3) is 0 Å². The van der Waals surface area contributed by atoms with Crippen molar-refractivity contribution in [1.29, 1.82) is 0 Å². The van der Waals surface area contributed by atoms with E-state index >= 15 is 0 Å². The smallest absolute Gasteiger partial charge is 0.416 e. The van der Waals surface area contributed by atoms with Gasteiger partial charge in [-0.25, -0.2) is 14.8 Å². The second-order valence-electron chi connectivity index (χ2n) is 10.9. The molecule has 266 valence electrons. The van der Waals surface area contributed by atoms with E-state index in [1.165, 1.54) is 6.92 Å². The van der Waals surface area contributed by atoms with Crippen LogP contribution in [0.1, 0.15) is 67.8 Å². The number of nitrogens with zero attached hydrogens (tertiary/aromatic N) is 4. The first kappa shape index (κ1) is 37.1. The van der Waals surface area contributed by atoms with Gasteiger partial charge in [-0.2, -0.15) is 39.5 Å². The molecule has 3 aromatic rings. The zero-order chi connectivity index (χ0) is 36.3. The van der Waals surface area contributed by atoms with Crippen LogP contribution in [0.3, 0.4) is 0 Å². The molecule has 0 unspecified atom stereocenters. The molecule has 1 N–H and O–H groups in total. The molecule has 0 fully saturated rings. The summed E-state index contributed by atoms with van der Waals surface area (Å²) < 4.78 is 136. The van der Waals surface area contributed by atoms with E-state index < -0.39 is 71.0 Å². The molecular formula is C31H29F9N4O5. The van der Waals surface area contributed by atoms with E-state index in [0.29, 0.717) is 24.3 Å². The molecule has 1 aliphatic heterocycles. The topological polar surface area (TPSA) is 105 Å². The second kappa shape index (κ2) is 14.4. The van der Waals surface area contributed by atoms with Crippen LogP contribution in [0.4, 0.5) is 61.6 Å². The number of ether oxygens (including phenoxy) is 2. The number of carbonyl (C=O) groups excluding carboxylic acids is 1. The highest BCUT2D eigenvalue weighted by Crippen LogP contribution is 2.49. The van der Waals surface area contributed by atoms with Crippen molar-refractivity contribution in [3.05, 3.63) is 71.0 Å². The molecule has 1 amide bonds. The molecule has 0 saturated carbocycles. The molecule has 9 nitrogen and oxygen atoms in total. The third-order valence-corrected chi connectivity index (χ3v) is 7.57. The number of aromatic nitrogens is 2. The number of hydrogen-bond acceptors (Lipinski definition) is 7. The van der Waals surface area contributed by atoms with Crippen molar-refractivity contribution in [1.82, 2.24) is 9.97 Å². The van der Waals surface area contributed by atoms with E-state index in [9.17, 15) is 49.1 Å². The lowest BCUT2D eigenvalue weighted by atomic mass is 9.87. The number of carbonyl (C=O) groups is 2. The van der Waals surface area contributed by atoms with E-state index in [-0.39, 0.29) is 62.0 Å². The number of halogens is 9.